The molecule has 1 fully saturated rings. The van der Waals surface area contributed by atoms with Crippen molar-refractivity contribution in [1.82, 2.24) is 14.5 Å². The second-order valence-electron chi connectivity index (χ2n) is 10.9. The highest BCUT2D eigenvalue weighted by molar-refractivity contribution is 7.16. The van der Waals surface area contributed by atoms with E-state index >= 15 is 0 Å². The minimum absolute atomic E-state index is 0.252. The molecule has 42 heavy (non-hydrogen) atoms. The number of halogens is 1. The Hall–Kier alpha value is -3.80. The van der Waals surface area contributed by atoms with Crippen molar-refractivity contribution in [1.29, 1.82) is 0 Å². The fourth-order valence-electron chi connectivity index (χ4n) is 4.55. The van der Waals surface area contributed by atoms with Gasteiger partial charge < -0.3 is 29.6 Å². The molecule has 0 saturated carbocycles. The number of morpholine rings is 1. The zero-order valence-electron chi connectivity index (χ0n) is 23.8. The predicted molar refractivity (Wildman–Crippen MR) is 161 cm³/mol. The van der Waals surface area contributed by atoms with Crippen LogP contribution in [0, 0.1) is 0 Å². The van der Waals surface area contributed by atoms with Gasteiger partial charge in [-0.25, -0.2) is 9.78 Å². The van der Waals surface area contributed by atoms with Gasteiger partial charge in [-0.1, -0.05) is 29.8 Å². The van der Waals surface area contributed by atoms with Crippen LogP contribution in [-0.4, -0.2) is 64.5 Å². The van der Waals surface area contributed by atoms with Crippen LogP contribution in [0.4, 0.5) is 4.79 Å². The average molecular weight is 613 g/mol. The van der Waals surface area contributed by atoms with Crippen molar-refractivity contribution < 1.29 is 28.5 Å². The van der Waals surface area contributed by atoms with E-state index in [-0.39, 0.29) is 18.8 Å². The van der Waals surface area contributed by atoms with E-state index < -0.39 is 17.6 Å². The molecule has 2 N–H and O–H groups in total. The van der Waals surface area contributed by atoms with Crippen LogP contribution in [0.5, 0.6) is 11.5 Å². The number of carbonyl (C=O) groups excluding carboxylic acids is 2. The molecule has 4 aromatic rings. The number of amides is 2. The zero-order chi connectivity index (χ0) is 30.0. The summed E-state index contributed by atoms with van der Waals surface area (Å²) in [5.41, 5.74) is 7.46. The summed E-state index contributed by atoms with van der Waals surface area (Å²) in [4.78, 5) is 31.2. The van der Waals surface area contributed by atoms with E-state index in [0.717, 1.165) is 16.6 Å². The number of carbonyl (C=O) groups is 2. The van der Waals surface area contributed by atoms with Gasteiger partial charge in [0.1, 0.15) is 52.1 Å². The lowest BCUT2D eigenvalue weighted by Gasteiger charge is -2.34. The highest BCUT2D eigenvalue weighted by Gasteiger charge is 2.28. The molecule has 0 aliphatic carbocycles. The van der Waals surface area contributed by atoms with Crippen LogP contribution in [0.1, 0.15) is 49.0 Å². The van der Waals surface area contributed by atoms with Gasteiger partial charge >= 0.3 is 6.09 Å². The van der Waals surface area contributed by atoms with Crippen LogP contribution in [0.3, 0.4) is 0 Å². The molecule has 10 nitrogen and oxygen atoms in total. The molecule has 1 aliphatic heterocycles. The van der Waals surface area contributed by atoms with E-state index in [1.54, 1.807) is 23.4 Å². The van der Waals surface area contributed by atoms with E-state index in [1.807, 2.05) is 68.7 Å². The van der Waals surface area contributed by atoms with E-state index in [2.05, 4.69) is 4.98 Å². The van der Waals surface area contributed by atoms with E-state index in [9.17, 15) is 9.59 Å². The first-order valence-corrected chi connectivity index (χ1v) is 14.7. The van der Waals surface area contributed by atoms with Crippen LogP contribution in [0.15, 0.2) is 54.9 Å². The third-order valence-electron chi connectivity index (χ3n) is 6.54. The second kappa shape index (κ2) is 12.2. The molecule has 2 amide bonds. The average Bonchev–Trinajstić information content (AvgIpc) is 3.55. The minimum Gasteiger partial charge on any atom is -0.491 e. The third kappa shape index (κ3) is 6.80. The summed E-state index contributed by atoms with van der Waals surface area (Å²) >= 11 is 7.56. The Labute approximate surface area is 252 Å². The van der Waals surface area contributed by atoms with Gasteiger partial charge in [0.05, 0.1) is 24.2 Å². The number of imidazole rings is 1. The molecule has 0 bridgehead atoms. The fourth-order valence-corrected chi connectivity index (χ4v) is 5.77. The monoisotopic (exact) mass is 612 g/mol. The number of fused-ring (bicyclic) bond motifs is 1. The predicted octanol–water partition coefficient (Wildman–Crippen LogP) is 5.99. The molecule has 0 radical (unpaired) electrons. The number of hydrogen-bond donors (Lipinski definition) is 1. The molecule has 3 heterocycles. The SMILES string of the molecule is C[C@@H](Oc1cc(-n2cnc3ccc(OC[C@H]4CN(C(=O)OC(C)(C)C)CCO4)cc32)sc1C(N)=O)c1ccccc1Cl. The summed E-state index contributed by atoms with van der Waals surface area (Å²) in [6.07, 6.45) is 0.598. The topological polar surface area (TPSA) is 118 Å². The minimum atomic E-state index is -0.589. The molecular formula is C30H33ClN4O6S. The fraction of sp³-hybridized carbons (Fsp3) is 0.367. The second-order valence-corrected chi connectivity index (χ2v) is 12.4. The Kier molecular flexibility index (Phi) is 8.63. The molecule has 1 aliphatic rings. The van der Waals surface area contributed by atoms with E-state index in [0.29, 0.717) is 46.1 Å². The summed E-state index contributed by atoms with van der Waals surface area (Å²) in [7, 11) is 0. The molecule has 12 heteroatoms. The van der Waals surface area contributed by atoms with Crippen molar-refractivity contribution in [3.05, 3.63) is 70.3 Å². The number of aromatic nitrogens is 2. The van der Waals surface area contributed by atoms with Gasteiger partial charge in [0, 0.05) is 29.3 Å². The van der Waals surface area contributed by atoms with Gasteiger partial charge in [0.25, 0.3) is 5.91 Å². The van der Waals surface area contributed by atoms with Crippen LogP contribution in [0.2, 0.25) is 5.02 Å². The highest BCUT2D eigenvalue weighted by atomic mass is 35.5. The molecule has 1 saturated heterocycles. The third-order valence-corrected chi connectivity index (χ3v) is 8.01. The van der Waals surface area contributed by atoms with Crippen LogP contribution in [-0.2, 0) is 9.47 Å². The molecule has 2 aromatic heterocycles. The van der Waals surface area contributed by atoms with E-state index in [4.69, 9.17) is 36.3 Å². The number of nitrogens with zero attached hydrogens (tertiary/aromatic N) is 3. The lowest BCUT2D eigenvalue weighted by molar-refractivity contribution is -0.0557. The Morgan fingerprint density at radius 1 is 1.21 bits per heavy atom. The van der Waals surface area contributed by atoms with Crippen LogP contribution < -0.4 is 15.2 Å². The first-order valence-electron chi connectivity index (χ1n) is 13.5. The maximum Gasteiger partial charge on any atom is 0.410 e. The Morgan fingerprint density at radius 2 is 2.00 bits per heavy atom. The number of nitrogens with two attached hydrogens (primary N) is 1. The maximum absolute atomic E-state index is 12.5. The van der Waals surface area contributed by atoms with Gasteiger partial charge in [-0.2, -0.15) is 0 Å². The summed E-state index contributed by atoms with van der Waals surface area (Å²) in [5, 5.41) is 1.28. The lowest BCUT2D eigenvalue weighted by Crippen LogP contribution is -2.49. The van der Waals surface area contributed by atoms with Gasteiger partial charge in [-0.3, -0.25) is 9.36 Å². The van der Waals surface area contributed by atoms with E-state index in [1.165, 1.54) is 11.3 Å². The van der Waals surface area contributed by atoms with Gasteiger partial charge in [-0.05, 0) is 45.9 Å². The molecular weight excluding hydrogens is 580 g/mol. The number of rotatable bonds is 8. The summed E-state index contributed by atoms with van der Waals surface area (Å²) < 4.78 is 25.4. The summed E-state index contributed by atoms with van der Waals surface area (Å²) in [6, 6.07) is 14.7. The molecule has 222 valence electrons. The van der Waals surface area contributed by atoms with Crippen molar-refractivity contribution >= 4 is 46.0 Å². The summed E-state index contributed by atoms with van der Waals surface area (Å²) in [6.45, 7) is 8.87. The Balaban J connectivity index is 1.32. The smallest absolute Gasteiger partial charge is 0.410 e. The van der Waals surface area contributed by atoms with Crippen molar-refractivity contribution in [2.45, 2.75) is 45.5 Å². The Morgan fingerprint density at radius 3 is 2.74 bits per heavy atom. The number of thiophene rings is 1. The number of primary amides is 1. The van der Waals surface area contributed by atoms with Crippen molar-refractivity contribution in [3.8, 4) is 16.5 Å². The molecule has 2 atom stereocenters. The maximum atomic E-state index is 12.5. The lowest BCUT2D eigenvalue weighted by atomic mass is 10.1. The molecule has 0 spiro atoms. The van der Waals surface area contributed by atoms with Crippen molar-refractivity contribution in [3.63, 3.8) is 0 Å². The van der Waals surface area contributed by atoms with Crippen molar-refractivity contribution in [2.24, 2.45) is 5.73 Å². The van der Waals surface area contributed by atoms with Crippen LogP contribution in [0.25, 0.3) is 16.0 Å². The first kappa shape index (κ1) is 29.7. The first-order chi connectivity index (χ1) is 20.0. The van der Waals surface area contributed by atoms with Crippen LogP contribution >= 0.6 is 22.9 Å². The normalized spacial score (nSPS) is 16.3. The summed E-state index contributed by atoms with van der Waals surface area (Å²) in [5.74, 6) is 0.389. The zero-order valence-corrected chi connectivity index (χ0v) is 25.4. The van der Waals surface area contributed by atoms with Gasteiger partial charge in [0.15, 0.2) is 0 Å². The quantitative estimate of drug-likeness (QED) is 0.259. The van der Waals surface area contributed by atoms with Gasteiger partial charge in [0.2, 0.25) is 0 Å². The highest BCUT2D eigenvalue weighted by Crippen LogP contribution is 2.37. The van der Waals surface area contributed by atoms with Gasteiger partial charge in [-0.15, -0.1) is 11.3 Å². The number of hydrogen-bond acceptors (Lipinski definition) is 8. The van der Waals surface area contributed by atoms with Crippen molar-refractivity contribution in [2.75, 3.05) is 26.3 Å². The molecule has 2 aromatic carbocycles. The number of benzene rings is 2. The standard InChI is InChI=1S/C30H33ClN4O6S/c1-18(21-7-5-6-8-22(21)31)40-25-14-26(42-27(25)28(32)36)35-17-33-23-10-9-19(13-24(23)35)39-16-20-15-34(11-12-38-20)29(37)41-30(2,3)4/h5-10,13-14,17-18,20H,11-12,15-16H2,1-4H3,(H2,32,36)/t18-,20-/m1/s1. The Bertz CT molecular complexity index is 1600. The number of ether oxygens (including phenoxy) is 4. The largest absolute Gasteiger partial charge is 0.491 e. The molecule has 0 unspecified atom stereocenters. The molecule has 5 rings (SSSR count).